The molecule has 0 aliphatic carbocycles. The molecule has 7 nitrogen and oxygen atoms in total. The molecule has 8 heteroatoms. The number of amides is 1. The zero-order valence-corrected chi connectivity index (χ0v) is 16.7. The Bertz CT molecular complexity index is 1070. The number of aromatic nitrogens is 1. The molecule has 148 valence electrons. The molecule has 0 saturated carbocycles. The van der Waals surface area contributed by atoms with Crippen LogP contribution in [0, 0.1) is 0 Å². The maximum Gasteiger partial charge on any atom is 0.302 e. The minimum atomic E-state index is -3.72. The van der Waals surface area contributed by atoms with Gasteiger partial charge in [-0.3, -0.25) is 14.8 Å². The first-order chi connectivity index (χ1) is 13.4. The molecule has 0 spiro atoms. The van der Waals surface area contributed by atoms with Crippen molar-refractivity contribution in [3.05, 3.63) is 48.0 Å². The van der Waals surface area contributed by atoms with E-state index >= 15 is 0 Å². The zero-order chi connectivity index (χ0) is 20.1. The summed E-state index contributed by atoms with van der Waals surface area (Å²) in [5.74, 6) is -0.300. The molecular formula is C20H23N3O4S. The third-order valence-corrected chi connectivity index (χ3v) is 5.62. The Hall–Kier alpha value is -2.87. The van der Waals surface area contributed by atoms with E-state index in [2.05, 4.69) is 21.9 Å². The van der Waals surface area contributed by atoms with E-state index in [0.717, 1.165) is 31.2 Å². The molecule has 0 unspecified atom stereocenters. The highest BCUT2D eigenvalue weighted by atomic mass is 32.2. The van der Waals surface area contributed by atoms with E-state index in [1.54, 1.807) is 24.3 Å². The van der Waals surface area contributed by atoms with Crippen molar-refractivity contribution in [2.75, 3.05) is 10.0 Å². The molecule has 0 aliphatic heterocycles. The number of benzene rings is 2. The molecular weight excluding hydrogens is 378 g/mol. The Morgan fingerprint density at radius 1 is 1.11 bits per heavy atom. The topological polar surface area (TPSA) is 101 Å². The Morgan fingerprint density at radius 2 is 1.86 bits per heavy atom. The summed E-state index contributed by atoms with van der Waals surface area (Å²) < 4.78 is 33.3. The number of oxazole rings is 1. The number of sulfonamides is 1. The summed E-state index contributed by atoms with van der Waals surface area (Å²) >= 11 is 0. The van der Waals surface area contributed by atoms with Crippen molar-refractivity contribution >= 4 is 38.7 Å². The fraction of sp³-hybridized carbons (Fsp3) is 0.300. The number of hydrogen-bond acceptors (Lipinski definition) is 5. The van der Waals surface area contributed by atoms with Crippen molar-refractivity contribution in [2.24, 2.45) is 0 Å². The van der Waals surface area contributed by atoms with Gasteiger partial charge in [-0.25, -0.2) is 8.42 Å². The second-order valence-electron chi connectivity index (χ2n) is 6.59. The van der Waals surface area contributed by atoms with Gasteiger partial charge in [0.05, 0.1) is 10.6 Å². The highest BCUT2D eigenvalue weighted by Gasteiger charge is 2.15. The Kier molecular flexibility index (Phi) is 5.99. The summed E-state index contributed by atoms with van der Waals surface area (Å²) in [6.07, 6.45) is 4.35. The van der Waals surface area contributed by atoms with Gasteiger partial charge < -0.3 is 4.42 Å². The smallest absolute Gasteiger partial charge is 0.302 e. The van der Waals surface area contributed by atoms with Crippen LogP contribution in [0.15, 0.2) is 51.8 Å². The van der Waals surface area contributed by atoms with E-state index in [4.69, 9.17) is 4.42 Å². The summed E-state index contributed by atoms with van der Waals surface area (Å²) in [6, 6.07) is 11.8. The fourth-order valence-corrected chi connectivity index (χ4v) is 3.87. The maximum absolute atomic E-state index is 12.6. The van der Waals surface area contributed by atoms with Crippen LogP contribution in [0.4, 0.5) is 11.7 Å². The Balaban J connectivity index is 1.75. The van der Waals surface area contributed by atoms with Crippen LogP contribution in [-0.4, -0.2) is 19.3 Å². The first kappa shape index (κ1) is 19.9. The quantitative estimate of drug-likeness (QED) is 0.547. The minimum Gasteiger partial charge on any atom is -0.423 e. The van der Waals surface area contributed by atoms with Crippen molar-refractivity contribution in [2.45, 2.75) is 44.4 Å². The molecule has 0 saturated heterocycles. The van der Waals surface area contributed by atoms with E-state index in [9.17, 15) is 13.2 Å². The van der Waals surface area contributed by atoms with E-state index in [1.165, 1.54) is 13.0 Å². The third-order valence-electron chi connectivity index (χ3n) is 4.23. The van der Waals surface area contributed by atoms with Crippen LogP contribution in [0.25, 0.3) is 11.1 Å². The summed E-state index contributed by atoms with van der Waals surface area (Å²) in [5, 5.41) is 2.46. The van der Waals surface area contributed by atoms with Gasteiger partial charge in [-0.2, -0.15) is 4.98 Å². The number of nitrogens with zero attached hydrogens (tertiary/aromatic N) is 1. The van der Waals surface area contributed by atoms with Gasteiger partial charge in [0.2, 0.25) is 5.91 Å². The second-order valence-corrected chi connectivity index (χ2v) is 8.27. The van der Waals surface area contributed by atoms with Gasteiger partial charge >= 0.3 is 6.01 Å². The van der Waals surface area contributed by atoms with Gasteiger partial charge in [-0.1, -0.05) is 31.9 Å². The highest BCUT2D eigenvalue weighted by Crippen LogP contribution is 2.24. The van der Waals surface area contributed by atoms with Gasteiger partial charge in [-0.05, 0) is 42.7 Å². The zero-order valence-electron chi connectivity index (χ0n) is 15.9. The third kappa shape index (κ3) is 4.89. The molecule has 0 radical (unpaired) electrons. The summed E-state index contributed by atoms with van der Waals surface area (Å²) in [6.45, 7) is 3.50. The molecule has 0 bridgehead atoms. The van der Waals surface area contributed by atoms with E-state index in [0.29, 0.717) is 16.8 Å². The predicted molar refractivity (Wildman–Crippen MR) is 109 cm³/mol. The van der Waals surface area contributed by atoms with Gasteiger partial charge in [0.1, 0.15) is 5.52 Å². The van der Waals surface area contributed by atoms with Crippen molar-refractivity contribution in [3.8, 4) is 0 Å². The van der Waals surface area contributed by atoms with Crippen LogP contribution in [0.2, 0.25) is 0 Å². The average Bonchev–Trinajstić information content (AvgIpc) is 3.02. The van der Waals surface area contributed by atoms with Crippen molar-refractivity contribution < 1.29 is 17.6 Å². The van der Waals surface area contributed by atoms with Gasteiger partial charge in [0.15, 0.2) is 5.58 Å². The number of hydrogen-bond donors (Lipinski definition) is 2. The first-order valence-corrected chi connectivity index (χ1v) is 10.7. The lowest BCUT2D eigenvalue weighted by molar-refractivity contribution is -0.114. The molecule has 1 heterocycles. The number of aryl methyl sites for hydroxylation is 1. The van der Waals surface area contributed by atoms with Crippen LogP contribution in [-0.2, 0) is 21.2 Å². The predicted octanol–water partition coefficient (Wildman–Crippen LogP) is 4.32. The molecule has 0 aliphatic rings. The van der Waals surface area contributed by atoms with Gasteiger partial charge in [-0.15, -0.1) is 0 Å². The molecule has 2 aromatic carbocycles. The number of unbranched alkanes of at least 4 members (excludes halogenated alkanes) is 2. The average molecular weight is 401 g/mol. The largest absolute Gasteiger partial charge is 0.423 e. The Labute approximate surface area is 164 Å². The van der Waals surface area contributed by atoms with Gasteiger partial charge in [0.25, 0.3) is 10.0 Å². The number of anilines is 2. The molecule has 2 N–H and O–H groups in total. The number of fused-ring (bicyclic) bond motifs is 1. The minimum absolute atomic E-state index is 0.0705. The molecule has 28 heavy (non-hydrogen) atoms. The number of carbonyl (C=O) groups excluding carboxylic acids is 1. The molecule has 3 rings (SSSR count). The van der Waals surface area contributed by atoms with E-state index in [1.807, 2.05) is 12.1 Å². The van der Waals surface area contributed by atoms with E-state index in [-0.39, 0.29) is 16.8 Å². The van der Waals surface area contributed by atoms with Crippen molar-refractivity contribution in [1.82, 2.24) is 4.98 Å². The SMILES string of the molecule is CCCCCc1ccc(S(=O)(=O)Nc2ccc3nc(NC(C)=O)oc3c2)cc1. The van der Waals surface area contributed by atoms with E-state index < -0.39 is 10.0 Å². The Morgan fingerprint density at radius 3 is 2.54 bits per heavy atom. The summed E-state index contributed by atoms with van der Waals surface area (Å²) in [7, 11) is -3.72. The van der Waals surface area contributed by atoms with Crippen LogP contribution >= 0.6 is 0 Å². The molecule has 0 atom stereocenters. The van der Waals surface area contributed by atoms with Crippen LogP contribution < -0.4 is 10.0 Å². The van der Waals surface area contributed by atoms with Crippen molar-refractivity contribution in [3.63, 3.8) is 0 Å². The molecule has 0 fully saturated rings. The maximum atomic E-state index is 12.6. The normalized spacial score (nSPS) is 11.5. The first-order valence-electron chi connectivity index (χ1n) is 9.17. The van der Waals surface area contributed by atoms with Crippen molar-refractivity contribution in [1.29, 1.82) is 0 Å². The van der Waals surface area contributed by atoms with Crippen LogP contribution in [0.5, 0.6) is 0 Å². The lowest BCUT2D eigenvalue weighted by Crippen LogP contribution is -2.12. The van der Waals surface area contributed by atoms with Gasteiger partial charge in [0, 0.05) is 13.0 Å². The number of rotatable bonds is 8. The lowest BCUT2D eigenvalue weighted by Gasteiger charge is -2.09. The molecule has 1 amide bonds. The standard InChI is InChI=1S/C20H23N3O4S/c1-3-4-5-6-15-7-10-17(11-8-15)28(25,26)23-16-9-12-18-19(13-16)27-20(22-18)21-14(2)24/h7-13,23H,3-6H2,1-2H3,(H,21,22,24). The fourth-order valence-electron chi connectivity index (χ4n) is 2.82. The summed E-state index contributed by atoms with van der Waals surface area (Å²) in [4.78, 5) is 15.4. The number of nitrogens with one attached hydrogen (secondary N) is 2. The van der Waals surface area contributed by atoms with Crippen LogP contribution in [0.1, 0.15) is 38.7 Å². The van der Waals surface area contributed by atoms with Crippen LogP contribution in [0.3, 0.4) is 0 Å². The molecule has 3 aromatic rings. The number of carbonyl (C=O) groups is 1. The lowest BCUT2D eigenvalue weighted by atomic mass is 10.1. The molecule has 1 aromatic heterocycles. The monoisotopic (exact) mass is 401 g/mol. The highest BCUT2D eigenvalue weighted by molar-refractivity contribution is 7.92. The second kappa shape index (κ2) is 8.43. The summed E-state index contributed by atoms with van der Waals surface area (Å²) in [5.41, 5.74) is 2.37.